The van der Waals surface area contributed by atoms with Crippen molar-refractivity contribution in [2.75, 3.05) is 11.2 Å². The number of nitrogens with one attached hydrogen (secondary N) is 1. The molecule has 0 bridgehead atoms. The number of carbonyl (C=O) groups excluding carboxylic acids is 1. The van der Waals surface area contributed by atoms with Crippen molar-refractivity contribution in [2.24, 2.45) is 5.10 Å². The number of hydrazone groups is 1. The van der Waals surface area contributed by atoms with Gasteiger partial charge in [0.2, 0.25) is 5.13 Å². The average Bonchev–Trinajstić information content (AvgIpc) is 2.78. The molecule has 20 heavy (non-hydrogen) atoms. The van der Waals surface area contributed by atoms with Crippen LogP contribution in [0, 0.1) is 0 Å². The zero-order chi connectivity index (χ0) is 14.5. The molecular weight excluding hydrogens is 344 g/mol. The molecule has 0 amide bonds. The van der Waals surface area contributed by atoms with Crippen molar-refractivity contribution in [1.29, 1.82) is 0 Å². The first-order valence-electron chi connectivity index (χ1n) is 5.52. The Kier molecular flexibility index (Phi) is 4.70. The lowest BCUT2D eigenvalue weighted by Crippen LogP contribution is -2.02. The molecule has 2 rings (SSSR count). The number of thiazole rings is 1. The summed E-state index contributed by atoms with van der Waals surface area (Å²) >= 11 is 4.75. The van der Waals surface area contributed by atoms with Crippen molar-refractivity contribution in [3.8, 4) is 5.75 Å². The summed E-state index contributed by atoms with van der Waals surface area (Å²) in [5.41, 5.74) is 9.04. The van der Waals surface area contributed by atoms with Gasteiger partial charge < -0.3 is 10.5 Å². The summed E-state index contributed by atoms with van der Waals surface area (Å²) in [6.07, 6.45) is 1.59. The topological polar surface area (TPSA) is 89.6 Å². The van der Waals surface area contributed by atoms with E-state index < -0.39 is 0 Å². The molecule has 2 aromatic rings. The molecule has 0 fully saturated rings. The van der Waals surface area contributed by atoms with Crippen LogP contribution in [0.3, 0.4) is 0 Å². The van der Waals surface area contributed by atoms with Gasteiger partial charge in [-0.15, -0.1) is 11.3 Å². The van der Waals surface area contributed by atoms with E-state index in [1.165, 1.54) is 18.3 Å². The number of ether oxygens (including phenoxy) is 1. The Morgan fingerprint density at radius 1 is 1.60 bits per heavy atom. The van der Waals surface area contributed by atoms with Crippen molar-refractivity contribution in [3.05, 3.63) is 33.6 Å². The zero-order valence-electron chi connectivity index (χ0n) is 10.5. The van der Waals surface area contributed by atoms with Gasteiger partial charge >= 0.3 is 5.97 Å². The third kappa shape index (κ3) is 4.04. The minimum Gasteiger partial charge on any atom is -0.427 e. The van der Waals surface area contributed by atoms with Crippen LogP contribution in [0.2, 0.25) is 0 Å². The highest BCUT2D eigenvalue weighted by Crippen LogP contribution is 2.22. The monoisotopic (exact) mass is 354 g/mol. The van der Waals surface area contributed by atoms with Crippen LogP contribution in [-0.4, -0.2) is 17.2 Å². The van der Waals surface area contributed by atoms with Crippen molar-refractivity contribution < 1.29 is 9.53 Å². The number of hydrogen-bond donors (Lipinski definition) is 2. The summed E-state index contributed by atoms with van der Waals surface area (Å²) in [6.45, 7) is 1.35. The molecule has 1 aromatic carbocycles. The SMILES string of the molecule is CC(=O)Oc1ccc(Br)c(C=NNc2nc(N)cs2)c1. The fourth-order valence-electron chi connectivity index (χ4n) is 1.34. The Hall–Kier alpha value is -1.93. The Morgan fingerprint density at radius 3 is 3.05 bits per heavy atom. The van der Waals surface area contributed by atoms with Crippen LogP contribution >= 0.6 is 27.3 Å². The molecule has 1 aromatic heterocycles. The van der Waals surface area contributed by atoms with Crippen molar-refractivity contribution >= 4 is 50.4 Å². The normalized spacial score (nSPS) is 10.7. The largest absolute Gasteiger partial charge is 0.427 e. The predicted molar refractivity (Wildman–Crippen MR) is 83.2 cm³/mol. The molecule has 0 aliphatic carbocycles. The molecule has 0 spiro atoms. The predicted octanol–water partition coefficient (Wildman–Crippen LogP) is 2.86. The van der Waals surface area contributed by atoms with E-state index in [0.29, 0.717) is 16.7 Å². The maximum Gasteiger partial charge on any atom is 0.308 e. The Bertz CT molecular complexity index is 657. The fourth-order valence-corrected chi connectivity index (χ4v) is 2.24. The second-order valence-corrected chi connectivity index (χ2v) is 5.44. The smallest absolute Gasteiger partial charge is 0.308 e. The highest BCUT2D eigenvalue weighted by molar-refractivity contribution is 9.10. The molecular formula is C12H11BrN4O2S. The molecule has 0 saturated heterocycles. The van der Waals surface area contributed by atoms with Crippen molar-refractivity contribution in [2.45, 2.75) is 6.92 Å². The molecule has 0 saturated carbocycles. The number of hydrogen-bond acceptors (Lipinski definition) is 7. The van der Waals surface area contributed by atoms with Gasteiger partial charge in [0, 0.05) is 22.3 Å². The van der Waals surface area contributed by atoms with Gasteiger partial charge in [-0.3, -0.25) is 10.2 Å². The molecule has 0 radical (unpaired) electrons. The Labute approximate surface area is 127 Å². The first-order valence-corrected chi connectivity index (χ1v) is 7.20. The van der Waals surface area contributed by atoms with Gasteiger partial charge in [-0.2, -0.15) is 5.10 Å². The lowest BCUT2D eigenvalue weighted by Gasteiger charge is -2.03. The number of nitrogens with zero attached hydrogens (tertiary/aromatic N) is 2. The summed E-state index contributed by atoms with van der Waals surface area (Å²) in [5.74, 6) is 0.540. The van der Waals surface area contributed by atoms with E-state index in [2.05, 4.69) is 31.4 Å². The number of nitrogen functional groups attached to an aromatic ring is 1. The van der Waals surface area contributed by atoms with Crippen LogP contribution < -0.4 is 15.9 Å². The van der Waals surface area contributed by atoms with E-state index in [-0.39, 0.29) is 5.97 Å². The molecule has 0 aliphatic rings. The highest BCUT2D eigenvalue weighted by Gasteiger charge is 2.03. The highest BCUT2D eigenvalue weighted by atomic mass is 79.9. The standard InChI is InChI=1S/C12H11BrN4O2S/c1-7(18)19-9-2-3-10(13)8(4-9)5-15-17-12-16-11(14)6-20-12/h2-6H,14H2,1H3,(H,16,17). The second-order valence-electron chi connectivity index (χ2n) is 3.72. The van der Waals surface area contributed by atoms with E-state index in [1.54, 1.807) is 29.8 Å². The minimum atomic E-state index is -0.369. The maximum atomic E-state index is 10.9. The molecule has 3 N–H and O–H groups in total. The average molecular weight is 355 g/mol. The van der Waals surface area contributed by atoms with Crippen LogP contribution in [0.4, 0.5) is 10.9 Å². The molecule has 0 atom stereocenters. The number of benzene rings is 1. The summed E-state index contributed by atoms with van der Waals surface area (Å²) in [4.78, 5) is 14.9. The lowest BCUT2D eigenvalue weighted by atomic mass is 10.2. The van der Waals surface area contributed by atoms with E-state index in [9.17, 15) is 4.79 Å². The maximum absolute atomic E-state index is 10.9. The number of halogens is 1. The van der Waals surface area contributed by atoms with E-state index in [4.69, 9.17) is 10.5 Å². The second kappa shape index (κ2) is 6.49. The summed E-state index contributed by atoms with van der Waals surface area (Å²) in [6, 6.07) is 5.17. The van der Waals surface area contributed by atoms with Gasteiger partial charge in [0.1, 0.15) is 11.6 Å². The first-order chi connectivity index (χ1) is 9.54. The minimum absolute atomic E-state index is 0.369. The number of anilines is 2. The van der Waals surface area contributed by atoms with Crippen LogP contribution in [0.25, 0.3) is 0 Å². The van der Waals surface area contributed by atoms with Gasteiger partial charge in [-0.05, 0) is 18.2 Å². The molecule has 104 valence electrons. The molecule has 6 nitrogen and oxygen atoms in total. The van der Waals surface area contributed by atoms with Crippen LogP contribution in [0.5, 0.6) is 5.75 Å². The van der Waals surface area contributed by atoms with Gasteiger partial charge in [0.15, 0.2) is 0 Å². The summed E-state index contributed by atoms with van der Waals surface area (Å²) in [7, 11) is 0. The number of nitrogens with two attached hydrogens (primary N) is 1. The zero-order valence-corrected chi connectivity index (χ0v) is 12.9. The van der Waals surface area contributed by atoms with Gasteiger partial charge in [-0.1, -0.05) is 15.9 Å². The number of carbonyl (C=O) groups is 1. The molecule has 0 aliphatic heterocycles. The van der Waals surface area contributed by atoms with E-state index >= 15 is 0 Å². The number of aromatic nitrogens is 1. The Morgan fingerprint density at radius 2 is 2.40 bits per heavy atom. The van der Waals surface area contributed by atoms with Crippen LogP contribution in [-0.2, 0) is 4.79 Å². The number of rotatable bonds is 4. The summed E-state index contributed by atoms with van der Waals surface area (Å²) in [5, 5.41) is 6.37. The molecule has 8 heteroatoms. The summed E-state index contributed by atoms with van der Waals surface area (Å²) < 4.78 is 5.84. The lowest BCUT2D eigenvalue weighted by molar-refractivity contribution is -0.131. The van der Waals surface area contributed by atoms with Crippen LogP contribution in [0.15, 0.2) is 33.2 Å². The third-order valence-corrected chi connectivity index (χ3v) is 3.60. The van der Waals surface area contributed by atoms with E-state index in [0.717, 1.165) is 10.0 Å². The molecule has 1 heterocycles. The molecule has 0 unspecified atom stereocenters. The third-order valence-electron chi connectivity index (χ3n) is 2.11. The van der Waals surface area contributed by atoms with Gasteiger partial charge in [0.05, 0.1) is 6.21 Å². The van der Waals surface area contributed by atoms with Crippen molar-refractivity contribution in [3.63, 3.8) is 0 Å². The van der Waals surface area contributed by atoms with Crippen molar-refractivity contribution in [1.82, 2.24) is 4.98 Å². The number of esters is 1. The van der Waals surface area contributed by atoms with E-state index in [1.807, 2.05) is 0 Å². The first kappa shape index (κ1) is 14.5. The van der Waals surface area contributed by atoms with Crippen LogP contribution in [0.1, 0.15) is 12.5 Å². The Balaban J connectivity index is 2.09. The fraction of sp³-hybridized carbons (Fsp3) is 0.0833. The quantitative estimate of drug-likeness (QED) is 0.381. The van der Waals surface area contributed by atoms with Gasteiger partial charge in [0.25, 0.3) is 0 Å². The van der Waals surface area contributed by atoms with Gasteiger partial charge in [-0.25, -0.2) is 4.98 Å².